The Bertz CT molecular complexity index is 911. The predicted molar refractivity (Wildman–Crippen MR) is 99.7 cm³/mol. The number of benzene rings is 2. The number of rotatable bonds is 6. The molecule has 4 rings (SSSR count). The normalized spacial score (nSPS) is 12.2. The number of aromatic nitrogens is 2. The Kier molecular flexibility index (Phi) is 4.79. The number of thioether (sulfide) groups is 1. The Morgan fingerprint density at radius 2 is 2.00 bits per heavy atom. The largest absolute Gasteiger partial charge is 0.454 e. The summed E-state index contributed by atoms with van der Waals surface area (Å²) in [5.74, 6) is 1.77. The maximum Gasteiger partial charge on any atom is 0.234 e. The van der Waals surface area contributed by atoms with Crippen molar-refractivity contribution in [3.05, 3.63) is 66.5 Å². The number of hydrogen-bond donors (Lipinski definition) is 1. The van der Waals surface area contributed by atoms with Crippen molar-refractivity contribution < 1.29 is 14.3 Å². The van der Waals surface area contributed by atoms with Gasteiger partial charge in [-0.05, 0) is 29.8 Å². The van der Waals surface area contributed by atoms with Crippen LogP contribution in [-0.4, -0.2) is 28.0 Å². The van der Waals surface area contributed by atoms with Gasteiger partial charge in [-0.25, -0.2) is 4.98 Å². The number of ether oxygens (including phenoxy) is 2. The number of nitrogens with one attached hydrogen (secondary N) is 1. The van der Waals surface area contributed by atoms with Crippen molar-refractivity contribution >= 4 is 23.4 Å². The number of amides is 1. The molecule has 0 saturated carbocycles. The van der Waals surface area contributed by atoms with Gasteiger partial charge in [0.1, 0.15) is 0 Å². The molecule has 1 aromatic heterocycles. The first-order chi connectivity index (χ1) is 12.8. The third-order valence-corrected chi connectivity index (χ3v) is 4.86. The van der Waals surface area contributed by atoms with E-state index in [0.29, 0.717) is 12.3 Å². The summed E-state index contributed by atoms with van der Waals surface area (Å²) in [6.07, 6.45) is 3.65. The first-order valence-electron chi connectivity index (χ1n) is 8.15. The van der Waals surface area contributed by atoms with Crippen molar-refractivity contribution in [2.45, 2.75) is 11.7 Å². The zero-order chi connectivity index (χ0) is 17.8. The Morgan fingerprint density at radius 3 is 2.88 bits per heavy atom. The van der Waals surface area contributed by atoms with E-state index in [-0.39, 0.29) is 12.7 Å². The maximum absolute atomic E-state index is 12.1. The van der Waals surface area contributed by atoms with E-state index in [9.17, 15) is 4.79 Å². The third-order valence-electron chi connectivity index (χ3n) is 3.86. The third kappa shape index (κ3) is 3.83. The zero-order valence-corrected chi connectivity index (χ0v) is 14.7. The summed E-state index contributed by atoms with van der Waals surface area (Å²) in [6, 6.07) is 15.3. The lowest BCUT2D eigenvalue weighted by Crippen LogP contribution is -2.14. The molecule has 1 amide bonds. The van der Waals surface area contributed by atoms with Crippen LogP contribution in [0, 0.1) is 0 Å². The lowest BCUT2D eigenvalue weighted by Gasteiger charge is -2.09. The zero-order valence-electron chi connectivity index (χ0n) is 13.9. The van der Waals surface area contributed by atoms with E-state index in [0.717, 1.165) is 27.9 Å². The molecule has 0 fully saturated rings. The number of hydrogen-bond acceptors (Lipinski definition) is 5. The molecule has 2 aromatic carbocycles. The number of nitrogens with zero attached hydrogens (tertiary/aromatic N) is 2. The van der Waals surface area contributed by atoms with Gasteiger partial charge in [-0.15, -0.1) is 0 Å². The van der Waals surface area contributed by atoms with Gasteiger partial charge in [-0.3, -0.25) is 4.79 Å². The fraction of sp³-hybridized carbons (Fsp3) is 0.158. The number of carbonyl (C=O) groups is 1. The molecule has 132 valence electrons. The van der Waals surface area contributed by atoms with Gasteiger partial charge in [0.25, 0.3) is 0 Å². The van der Waals surface area contributed by atoms with Crippen molar-refractivity contribution in [2.75, 3.05) is 17.9 Å². The highest BCUT2D eigenvalue weighted by Crippen LogP contribution is 2.33. The van der Waals surface area contributed by atoms with Crippen molar-refractivity contribution in [1.82, 2.24) is 9.55 Å². The molecule has 2 heterocycles. The Balaban J connectivity index is 1.37. The molecular formula is C19H17N3O3S. The summed E-state index contributed by atoms with van der Waals surface area (Å²) in [5, 5.41) is 3.67. The molecule has 0 bridgehead atoms. The Morgan fingerprint density at radius 1 is 1.15 bits per heavy atom. The summed E-state index contributed by atoms with van der Waals surface area (Å²) in [4.78, 5) is 16.5. The second kappa shape index (κ2) is 7.53. The Labute approximate surface area is 155 Å². The van der Waals surface area contributed by atoms with Gasteiger partial charge < -0.3 is 19.4 Å². The highest BCUT2D eigenvalue weighted by Gasteiger charge is 2.14. The molecule has 0 atom stereocenters. The van der Waals surface area contributed by atoms with Crippen molar-refractivity contribution in [1.29, 1.82) is 0 Å². The lowest BCUT2D eigenvalue weighted by molar-refractivity contribution is -0.113. The maximum atomic E-state index is 12.1. The number of para-hydroxylation sites is 1. The fourth-order valence-electron chi connectivity index (χ4n) is 2.64. The predicted octanol–water partition coefficient (Wildman–Crippen LogP) is 3.39. The van der Waals surface area contributed by atoms with E-state index >= 15 is 0 Å². The van der Waals surface area contributed by atoms with Crippen LogP contribution in [0.3, 0.4) is 0 Å². The van der Waals surface area contributed by atoms with Gasteiger partial charge in [0.05, 0.1) is 5.75 Å². The summed E-state index contributed by atoms with van der Waals surface area (Å²) in [7, 11) is 0. The average Bonchev–Trinajstić information content (AvgIpc) is 3.29. The van der Waals surface area contributed by atoms with Gasteiger partial charge in [0.15, 0.2) is 16.7 Å². The van der Waals surface area contributed by atoms with Crippen molar-refractivity contribution in [2.24, 2.45) is 0 Å². The second-order valence-corrected chi connectivity index (χ2v) is 6.67. The van der Waals surface area contributed by atoms with E-state index in [1.165, 1.54) is 11.8 Å². The molecule has 1 N–H and O–H groups in total. The summed E-state index contributed by atoms with van der Waals surface area (Å²) in [6.45, 7) is 0.917. The summed E-state index contributed by atoms with van der Waals surface area (Å²) in [5.41, 5.74) is 1.88. The highest BCUT2D eigenvalue weighted by atomic mass is 32.2. The van der Waals surface area contributed by atoms with Crippen molar-refractivity contribution in [3.8, 4) is 11.5 Å². The van der Waals surface area contributed by atoms with Gasteiger partial charge in [0.2, 0.25) is 12.7 Å². The first kappa shape index (κ1) is 16.5. The first-order valence-corrected chi connectivity index (χ1v) is 9.14. The van der Waals surface area contributed by atoms with Crippen LogP contribution >= 0.6 is 11.8 Å². The van der Waals surface area contributed by atoms with Crippen LogP contribution in [0.15, 0.2) is 66.1 Å². The smallest absolute Gasteiger partial charge is 0.234 e. The molecule has 0 spiro atoms. The SMILES string of the molecule is O=C(CSc1nccn1Cc1ccc2c(c1)OCO2)Nc1ccccc1. The van der Waals surface area contributed by atoms with Gasteiger partial charge in [-0.1, -0.05) is 36.0 Å². The quantitative estimate of drug-likeness (QED) is 0.677. The molecule has 0 unspecified atom stereocenters. The van der Waals surface area contributed by atoms with E-state index in [1.807, 2.05) is 59.3 Å². The van der Waals surface area contributed by atoms with Gasteiger partial charge in [-0.2, -0.15) is 0 Å². The van der Waals surface area contributed by atoms with Gasteiger partial charge in [0, 0.05) is 24.6 Å². The molecule has 7 heteroatoms. The fourth-order valence-corrected chi connectivity index (χ4v) is 3.40. The van der Waals surface area contributed by atoms with Crippen LogP contribution in [0.2, 0.25) is 0 Å². The summed E-state index contributed by atoms with van der Waals surface area (Å²) >= 11 is 1.41. The Hall–Kier alpha value is -2.93. The number of fused-ring (bicyclic) bond motifs is 1. The molecule has 0 radical (unpaired) electrons. The van der Waals surface area contributed by atoms with E-state index < -0.39 is 0 Å². The van der Waals surface area contributed by atoms with Crippen LogP contribution < -0.4 is 14.8 Å². The minimum absolute atomic E-state index is 0.0566. The van der Waals surface area contributed by atoms with E-state index in [4.69, 9.17) is 9.47 Å². The highest BCUT2D eigenvalue weighted by molar-refractivity contribution is 7.99. The van der Waals surface area contributed by atoms with E-state index in [2.05, 4.69) is 10.3 Å². The number of anilines is 1. The topological polar surface area (TPSA) is 65.4 Å². The number of imidazole rings is 1. The monoisotopic (exact) mass is 367 g/mol. The molecule has 1 aliphatic rings. The minimum Gasteiger partial charge on any atom is -0.454 e. The van der Waals surface area contributed by atoms with Crippen LogP contribution in [0.25, 0.3) is 0 Å². The van der Waals surface area contributed by atoms with E-state index in [1.54, 1.807) is 6.20 Å². The van der Waals surface area contributed by atoms with Crippen molar-refractivity contribution in [3.63, 3.8) is 0 Å². The van der Waals surface area contributed by atoms with Crippen LogP contribution in [-0.2, 0) is 11.3 Å². The molecular weight excluding hydrogens is 350 g/mol. The molecule has 0 aliphatic carbocycles. The van der Waals surface area contributed by atoms with Crippen LogP contribution in [0.5, 0.6) is 11.5 Å². The molecule has 1 aliphatic heterocycles. The van der Waals surface area contributed by atoms with Gasteiger partial charge >= 0.3 is 0 Å². The standard InChI is InChI=1S/C19H17N3O3S/c23-18(21-15-4-2-1-3-5-15)12-26-19-20-8-9-22(19)11-14-6-7-16-17(10-14)25-13-24-16/h1-10H,11-13H2,(H,21,23). The lowest BCUT2D eigenvalue weighted by atomic mass is 10.2. The summed E-state index contributed by atoms with van der Waals surface area (Å²) < 4.78 is 12.8. The van der Waals surface area contributed by atoms with Crippen LogP contribution in [0.4, 0.5) is 5.69 Å². The molecule has 3 aromatic rings. The number of carbonyl (C=O) groups excluding carboxylic acids is 1. The van der Waals surface area contributed by atoms with Crippen LogP contribution in [0.1, 0.15) is 5.56 Å². The molecule has 6 nitrogen and oxygen atoms in total. The molecule has 26 heavy (non-hydrogen) atoms. The average molecular weight is 367 g/mol. The molecule has 0 saturated heterocycles. The second-order valence-electron chi connectivity index (χ2n) is 5.73. The minimum atomic E-state index is -0.0566.